The van der Waals surface area contributed by atoms with Gasteiger partial charge in [0.15, 0.2) is 5.96 Å². The number of rotatable bonds is 7. The molecule has 0 fully saturated rings. The SMILES string of the molecule is CN=C(NCCNc1nccc(C(F)(F)F)n1)NCc1ccc(C)cc1OC.I. The summed E-state index contributed by atoms with van der Waals surface area (Å²) in [4.78, 5) is 11.3. The van der Waals surface area contributed by atoms with Crippen molar-refractivity contribution in [1.82, 2.24) is 20.6 Å². The van der Waals surface area contributed by atoms with Gasteiger partial charge in [0, 0.05) is 38.4 Å². The Kier molecular flexibility index (Phi) is 9.92. The quantitative estimate of drug-likeness (QED) is 0.224. The van der Waals surface area contributed by atoms with Gasteiger partial charge in [-0.05, 0) is 24.6 Å². The third-order valence-electron chi connectivity index (χ3n) is 3.76. The average molecular weight is 524 g/mol. The number of aliphatic imine (C=N–C) groups is 1. The number of nitrogens with one attached hydrogen (secondary N) is 3. The summed E-state index contributed by atoms with van der Waals surface area (Å²) in [6.45, 7) is 3.22. The van der Waals surface area contributed by atoms with Crippen molar-refractivity contribution in [2.45, 2.75) is 19.6 Å². The Balaban J connectivity index is 0.00000420. The summed E-state index contributed by atoms with van der Waals surface area (Å²) in [5, 5.41) is 8.97. The van der Waals surface area contributed by atoms with E-state index >= 15 is 0 Å². The lowest BCUT2D eigenvalue weighted by Gasteiger charge is -2.14. The number of alkyl halides is 3. The second-order valence-corrected chi connectivity index (χ2v) is 5.86. The van der Waals surface area contributed by atoms with Crippen LogP contribution < -0.4 is 20.7 Å². The van der Waals surface area contributed by atoms with Gasteiger partial charge in [-0.2, -0.15) is 13.2 Å². The molecule has 1 aromatic heterocycles. The molecule has 0 aliphatic carbocycles. The van der Waals surface area contributed by atoms with Crippen molar-refractivity contribution in [2.75, 3.05) is 32.6 Å². The van der Waals surface area contributed by atoms with Crippen LogP contribution in [0.4, 0.5) is 19.1 Å². The molecule has 0 saturated heterocycles. The molecule has 1 heterocycles. The fourth-order valence-electron chi connectivity index (χ4n) is 2.35. The Morgan fingerprint density at radius 3 is 2.59 bits per heavy atom. The second kappa shape index (κ2) is 11.6. The van der Waals surface area contributed by atoms with Crippen LogP contribution >= 0.6 is 24.0 Å². The van der Waals surface area contributed by atoms with Crippen molar-refractivity contribution in [1.29, 1.82) is 0 Å². The van der Waals surface area contributed by atoms with Crippen molar-refractivity contribution in [2.24, 2.45) is 4.99 Å². The largest absolute Gasteiger partial charge is 0.496 e. The summed E-state index contributed by atoms with van der Waals surface area (Å²) in [5.74, 6) is 1.25. The fourth-order valence-corrected chi connectivity index (χ4v) is 2.35. The second-order valence-electron chi connectivity index (χ2n) is 5.86. The highest BCUT2D eigenvalue weighted by molar-refractivity contribution is 14.0. The number of anilines is 1. The van der Waals surface area contributed by atoms with E-state index in [-0.39, 0.29) is 29.9 Å². The first kappa shape index (κ1) is 24.7. The van der Waals surface area contributed by atoms with Crippen molar-refractivity contribution in [3.05, 3.63) is 47.3 Å². The van der Waals surface area contributed by atoms with Crippen molar-refractivity contribution in [3.63, 3.8) is 0 Å². The predicted molar refractivity (Wildman–Crippen MR) is 117 cm³/mol. The van der Waals surface area contributed by atoms with E-state index < -0.39 is 11.9 Å². The molecule has 0 aliphatic rings. The number of nitrogens with zero attached hydrogens (tertiary/aromatic N) is 3. The van der Waals surface area contributed by atoms with Crippen LogP contribution in [0.2, 0.25) is 0 Å². The van der Waals surface area contributed by atoms with E-state index in [0.717, 1.165) is 29.1 Å². The molecule has 2 rings (SSSR count). The standard InChI is InChI=1S/C18H23F3N6O.HI/c1-12-4-5-13(14(10-12)28-3)11-26-16(22-2)24-8-9-25-17-23-7-6-15(27-17)18(19,20)21;/h4-7,10H,8-9,11H2,1-3H3,(H2,22,24,26)(H,23,25,27);1H. The summed E-state index contributed by atoms with van der Waals surface area (Å²) in [5.41, 5.74) is 1.10. The topological polar surface area (TPSA) is 83.5 Å². The van der Waals surface area contributed by atoms with Gasteiger partial charge in [0.05, 0.1) is 7.11 Å². The maximum atomic E-state index is 12.6. The van der Waals surface area contributed by atoms with Gasteiger partial charge in [0.1, 0.15) is 11.4 Å². The third-order valence-corrected chi connectivity index (χ3v) is 3.76. The minimum Gasteiger partial charge on any atom is -0.496 e. The summed E-state index contributed by atoms with van der Waals surface area (Å²) in [6.07, 6.45) is -3.43. The Bertz CT molecular complexity index is 816. The molecule has 0 amide bonds. The Labute approximate surface area is 184 Å². The molecular formula is C18H24F3IN6O. The molecule has 0 bridgehead atoms. The monoisotopic (exact) mass is 524 g/mol. The van der Waals surface area contributed by atoms with Crippen LogP contribution in [0, 0.1) is 6.92 Å². The van der Waals surface area contributed by atoms with E-state index in [1.54, 1.807) is 14.2 Å². The van der Waals surface area contributed by atoms with E-state index in [0.29, 0.717) is 25.6 Å². The van der Waals surface area contributed by atoms with Gasteiger partial charge in [0.25, 0.3) is 0 Å². The first-order valence-electron chi connectivity index (χ1n) is 8.55. The first-order valence-corrected chi connectivity index (χ1v) is 8.55. The predicted octanol–water partition coefficient (Wildman–Crippen LogP) is 3.21. The Morgan fingerprint density at radius 1 is 1.17 bits per heavy atom. The number of guanidine groups is 1. The molecule has 0 unspecified atom stereocenters. The Morgan fingerprint density at radius 2 is 1.93 bits per heavy atom. The summed E-state index contributed by atoms with van der Waals surface area (Å²) < 4.78 is 43.3. The highest BCUT2D eigenvalue weighted by atomic mass is 127. The first-order chi connectivity index (χ1) is 13.3. The Hall–Kier alpha value is -2.31. The van der Waals surface area contributed by atoms with E-state index in [2.05, 4.69) is 30.9 Å². The van der Waals surface area contributed by atoms with Gasteiger partial charge in [0.2, 0.25) is 5.95 Å². The van der Waals surface area contributed by atoms with Crippen LogP contribution in [-0.4, -0.2) is 43.2 Å². The third kappa shape index (κ3) is 7.91. The lowest BCUT2D eigenvalue weighted by atomic mass is 10.1. The molecule has 0 aliphatic heterocycles. The summed E-state index contributed by atoms with van der Waals surface area (Å²) >= 11 is 0. The number of methoxy groups -OCH3 is 1. The van der Waals surface area contributed by atoms with Crippen molar-refractivity contribution >= 4 is 35.9 Å². The fraction of sp³-hybridized carbons (Fsp3) is 0.389. The van der Waals surface area contributed by atoms with Crippen LogP contribution in [0.1, 0.15) is 16.8 Å². The average Bonchev–Trinajstić information content (AvgIpc) is 2.67. The lowest BCUT2D eigenvalue weighted by Crippen LogP contribution is -2.39. The molecule has 7 nitrogen and oxygen atoms in total. The minimum absolute atomic E-state index is 0. The zero-order valence-electron chi connectivity index (χ0n) is 16.3. The van der Waals surface area contributed by atoms with Crippen LogP contribution in [0.5, 0.6) is 5.75 Å². The molecule has 11 heteroatoms. The normalized spacial score (nSPS) is 11.4. The van der Waals surface area contributed by atoms with Crippen LogP contribution in [0.3, 0.4) is 0 Å². The molecule has 160 valence electrons. The molecule has 1 aromatic carbocycles. The summed E-state index contributed by atoms with van der Waals surface area (Å²) in [7, 11) is 3.25. The van der Waals surface area contributed by atoms with E-state index in [4.69, 9.17) is 4.74 Å². The number of hydrogen-bond donors (Lipinski definition) is 3. The van der Waals surface area contributed by atoms with Gasteiger partial charge in [-0.15, -0.1) is 24.0 Å². The molecule has 0 radical (unpaired) electrons. The number of hydrogen-bond acceptors (Lipinski definition) is 5. The highest BCUT2D eigenvalue weighted by Gasteiger charge is 2.32. The van der Waals surface area contributed by atoms with Crippen molar-refractivity contribution < 1.29 is 17.9 Å². The van der Waals surface area contributed by atoms with Crippen LogP contribution in [-0.2, 0) is 12.7 Å². The molecule has 2 aromatic rings. The number of ether oxygens (including phenoxy) is 1. The number of aryl methyl sites for hydroxylation is 1. The zero-order valence-corrected chi connectivity index (χ0v) is 18.6. The molecular weight excluding hydrogens is 500 g/mol. The molecule has 0 saturated carbocycles. The molecule has 0 spiro atoms. The van der Waals surface area contributed by atoms with E-state index in [1.165, 1.54) is 0 Å². The number of aromatic nitrogens is 2. The van der Waals surface area contributed by atoms with Gasteiger partial charge < -0.3 is 20.7 Å². The lowest BCUT2D eigenvalue weighted by molar-refractivity contribution is -0.141. The smallest absolute Gasteiger partial charge is 0.433 e. The van der Waals surface area contributed by atoms with Gasteiger partial charge in [-0.1, -0.05) is 12.1 Å². The molecule has 3 N–H and O–H groups in total. The molecule has 29 heavy (non-hydrogen) atoms. The molecule has 0 atom stereocenters. The maximum Gasteiger partial charge on any atom is 0.433 e. The number of halogens is 4. The number of benzene rings is 1. The van der Waals surface area contributed by atoms with E-state index in [1.807, 2.05) is 25.1 Å². The van der Waals surface area contributed by atoms with Crippen LogP contribution in [0.15, 0.2) is 35.5 Å². The van der Waals surface area contributed by atoms with Gasteiger partial charge >= 0.3 is 6.18 Å². The van der Waals surface area contributed by atoms with E-state index in [9.17, 15) is 13.2 Å². The van der Waals surface area contributed by atoms with Gasteiger partial charge in [-0.3, -0.25) is 4.99 Å². The van der Waals surface area contributed by atoms with Crippen molar-refractivity contribution in [3.8, 4) is 5.75 Å². The van der Waals surface area contributed by atoms with Gasteiger partial charge in [-0.25, -0.2) is 9.97 Å². The zero-order chi connectivity index (χ0) is 20.6. The maximum absolute atomic E-state index is 12.6. The highest BCUT2D eigenvalue weighted by Crippen LogP contribution is 2.27. The summed E-state index contributed by atoms with van der Waals surface area (Å²) in [6, 6.07) is 6.75. The minimum atomic E-state index is -4.50. The van der Waals surface area contributed by atoms with Crippen LogP contribution in [0.25, 0.3) is 0 Å².